The normalized spacial score (nSPS) is 41.8. The number of cyclic esters (lactones) is 1. The smallest absolute Gasteiger partial charge is 0.306 e. The van der Waals surface area contributed by atoms with Gasteiger partial charge in [-0.05, 0) is 26.2 Å². The molecule has 0 spiro atoms. The minimum Gasteiger partial charge on any atom is -0.460 e. The second kappa shape index (κ2) is 3.05. The summed E-state index contributed by atoms with van der Waals surface area (Å²) in [6.07, 6.45) is 4.11. The third-order valence-corrected chi connectivity index (χ3v) is 2.60. The third-order valence-electron chi connectivity index (χ3n) is 2.60. The van der Waals surface area contributed by atoms with Crippen molar-refractivity contribution in [2.24, 2.45) is 0 Å². The molecule has 0 saturated carbocycles. The van der Waals surface area contributed by atoms with Gasteiger partial charge >= 0.3 is 5.97 Å². The van der Waals surface area contributed by atoms with Crippen LogP contribution in [-0.4, -0.2) is 24.3 Å². The fourth-order valence-corrected chi connectivity index (χ4v) is 1.92. The van der Waals surface area contributed by atoms with Crippen LogP contribution in [0.2, 0.25) is 0 Å². The molecule has 3 atom stereocenters. The Labute approximate surface area is 72.0 Å². The maximum atomic E-state index is 10.8. The number of esters is 1. The molecule has 0 bridgehead atoms. The van der Waals surface area contributed by atoms with Crippen LogP contribution in [0, 0.1) is 0 Å². The van der Waals surface area contributed by atoms with Gasteiger partial charge in [0.1, 0.15) is 6.10 Å². The Hall–Kier alpha value is -0.570. The molecular weight excluding hydrogens is 156 g/mol. The molecule has 68 valence electrons. The summed E-state index contributed by atoms with van der Waals surface area (Å²) >= 11 is 0. The monoisotopic (exact) mass is 170 g/mol. The highest BCUT2D eigenvalue weighted by Gasteiger charge is 2.35. The lowest BCUT2D eigenvalue weighted by atomic mass is 10.1. The lowest BCUT2D eigenvalue weighted by molar-refractivity contribution is -0.146. The van der Waals surface area contributed by atoms with Gasteiger partial charge in [0.2, 0.25) is 0 Å². The molecule has 2 aliphatic rings. The third kappa shape index (κ3) is 1.46. The Bertz CT molecular complexity index is 190. The molecule has 2 heterocycles. The average Bonchev–Trinajstić information content (AvgIpc) is 2.58. The standard InChI is InChI=1S/C9H14O3/c1-6-2-3-7(11-6)8-4-5-9(10)12-8/h6-8H,2-5H2,1H3. The Morgan fingerprint density at radius 2 is 2.08 bits per heavy atom. The summed E-state index contributed by atoms with van der Waals surface area (Å²) in [7, 11) is 0. The van der Waals surface area contributed by atoms with Crippen LogP contribution in [0.1, 0.15) is 32.6 Å². The summed E-state index contributed by atoms with van der Waals surface area (Å²) in [5.41, 5.74) is 0. The van der Waals surface area contributed by atoms with Gasteiger partial charge in [0, 0.05) is 6.42 Å². The molecule has 2 rings (SSSR count). The Morgan fingerprint density at radius 1 is 1.25 bits per heavy atom. The first-order valence-corrected chi connectivity index (χ1v) is 4.60. The van der Waals surface area contributed by atoms with Crippen molar-refractivity contribution in [1.82, 2.24) is 0 Å². The molecule has 3 unspecified atom stereocenters. The van der Waals surface area contributed by atoms with Crippen molar-refractivity contribution in [2.75, 3.05) is 0 Å². The van der Waals surface area contributed by atoms with Crippen molar-refractivity contribution in [3.63, 3.8) is 0 Å². The maximum absolute atomic E-state index is 10.8. The van der Waals surface area contributed by atoms with E-state index < -0.39 is 0 Å². The maximum Gasteiger partial charge on any atom is 0.306 e. The van der Waals surface area contributed by atoms with E-state index in [1.165, 1.54) is 0 Å². The molecule has 12 heavy (non-hydrogen) atoms. The topological polar surface area (TPSA) is 35.5 Å². The van der Waals surface area contributed by atoms with Crippen molar-refractivity contribution in [1.29, 1.82) is 0 Å². The largest absolute Gasteiger partial charge is 0.460 e. The minimum atomic E-state index is -0.0665. The Kier molecular flexibility index (Phi) is 2.05. The minimum absolute atomic E-state index is 0.0439. The van der Waals surface area contributed by atoms with E-state index >= 15 is 0 Å². The van der Waals surface area contributed by atoms with Crippen molar-refractivity contribution in [2.45, 2.75) is 50.9 Å². The average molecular weight is 170 g/mol. The van der Waals surface area contributed by atoms with Crippen LogP contribution >= 0.6 is 0 Å². The molecule has 0 N–H and O–H groups in total. The summed E-state index contributed by atoms with van der Waals surface area (Å²) in [5, 5.41) is 0. The van der Waals surface area contributed by atoms with Crippen LogP contribution < -0.4 is 0 Å². The zero-order valence-corrected chi connectivity index (χ0v) is 7.29. The van der Waals surface area contributed by atoms with E-state index in [-0.39, 0.29) is 18.2 Å². The van der Waals surface area contributed by atoms with Crippen molar-refractivity contribution >= 4 is 5.97 Å². The van der Waals surface area contributed by atoms with E-state index in [2.05, 4.69) is 6.92 Å². The van der Waals surface area contributed by atoms with Gasteiger partial charge in [-0.3, -0.25) is 4.79 Å². The van der Waals surface area contributed by atoms with Gasteiger partial charge in [0.05, 0.1) is 12.2 Å². The molecule has 2 aliphatic heterocycles. The number of hydrogen-bond donors (Lipinski definition) is 0. The number of rotatable bonds is 1. The van der Waals surface area contributed by atoms with E-state index in [9.17, 15) is 4.79 Å². The van der Waals surface area contributed by atoms with Crippen molar-refractivity contribution in [3.05, 3.63) is 0 Å². The van der Waals surface area contributed by atoms with Crippen LogP contribution in [0.5, 0.6) is 0 Å². The first kappa shape index (κ1) is 8.05. The van der Waals surface area contributed by atoms with Crippen LogP contribution in [0.3, 0.4) is 0 Å². The molecule has 0 aromatic rings. The molecule has 3 nitrogen and oxygen atoms in total. The van der Waals surface area contributed by atoms with Gasteiger partial charge in [-0.15, -0.1) is 0 Å². The molecule has 0 radical (unpaired) electrons. The Morgan fingerprint density at radius 3 is 2.58 bits per heavy atom. The molecule has 0 amide bonds. The van der Waals surface area contributed by atoms with Crippen LogP contribution in [0.15, 0.2) is 0 Å². The molecule has 2 fully saturated rings. The van der Waals surface area contributed by atoms with E-state index in [1.807, 2.05) is 0 Å². The van der Waals surface area contributed by atoms with Gasteiger partial charge < -0.3 is 9.47 Å². The van der Waals surface area contributed by atoms with Crippen LogP contribution in [0.25, 0.3) is 0 Å². The highest BCUT2D eigenvalue weighted by molar-refractivity contribution is 5.71. The van der Waals surface area contributed by atoms with Gasteiger partial charge in [0.15, 0.2) is 0 Å². The second-order valence-corrected chi connectivity index (χ2v) is 3.63. The van der Waals surface area contributed by atoms with Crippen LogP contribution in [0.4, 0.5) is 0 Å². The van der Waals surface area contributed by atoms with Gasteiger partial charge in [-0.25, -0.2) is 0 Å². The summed E-state index contributed by atoms with van der Waals surface area (Å²) < 4.78 is 10.7. The highest BCUT2D eigenvalue weighted by atomic mass is 16.6. The van der Waals surface area contributed by atoms with Gasteiger partial charge in [0.25, 0.3) is 0 Å². The fourth-order valence-electron chi connectivity index (χ4n) is 1.92. The zero-order chi connectivity index (χ0) is 8.55. The fraction of sp³-hybridized carbons (Fsp3) is 0.889. The van der Waals surface area contributed by atoms with Gasteiger partial charge in [-0.1, -0.05) is 0 Å². The van der Waals surface area contributed by atoms with E-state index in [1.54, 1.807) is 0 Å². The SMILES string of the molecule is CC1CCC(C2CCC(=O)O2)O1. The first-order chi connectivity index (χ1) is 5.75. The quantitative estimate of drug-likeness (QED) is 0.556. The van der Waals surface area contributed by atoms with Crippen molar-refractivity contribution in [3.8, 4) is 0 Å². The molecule has 3 heteroatoms. The molecular formula is C9H14O3. The van der Waals surface area contributed by atoms with Crippen molar-refractivity contribution < 1.29 is 14.3 Å². The lowest BCUT2D eigenvalue weighted by Gasteiger charge is -2.16. The number of ether oxygens (including phenoxy) is 2. The summed E-state index contributed by atoms with van der Waals surface area (Å²) in [4.78, 5) is 10.8. The Balaban J connectivity index is 1.89. The molecule has 0 aromatic carbocycles. The predicted octanol–water partition coefficient (Wildman–Crippen LogP) is 1.26. The zero-order valence-electron chi connectivity index (χ0n) is 7.29. The second-order valence-electron chi connectivity index (χ2n) is 3.63. The highest BCUT2D eigenvalue weighted by Crippen LogP contribution is 2.28. The predicted molar refractivity (Wildman–Crippen MR) is 42.7 cm³/mol. The van der Waals surface area contributed by atoms with E-state index in [4.69, 9.17) is 9.47 Å². The molecule has 0 aliphatic carbocycles. The van der Waals surface area contributed by atoms with Gasteiger partial charge in [-0.2, -0.15) is 0 Å². The summed E-state index contributed by atoms with van der Waals surface area (Å²) in [5.74, 6) is -0.0665. The van der Waals surface area contributed by atoms with E-state index in [0.717, 1.165) is 19.3 Å². The first-order valence-electron chi connectivity index (χ1n) is 4.60. The van der Waals surface area contributed by atoms with Crippen LogP contribution in [-0.2, 0) is 14.3 Å². The lowest BCUT2D eigenvalue weighted by Crippen LogP contribution is -2.25. The summed E-state index contributed by atoms with van der Waals surface area (Å²) in [6, 6.07) is 0. The number of carbonyl (C=O) groups excluding carboxylic acids is 1. The van der Waals surface area contributed by atoms with E-state index in [0.29, 0.717) is 12.5 Å². The molecule has 2 saturated heterocycles. The molecule has 0 aromatic heterocycles. The number of hydrogen-bond acceptors (Lipinski definition) is 3. The summed E-state index contributed by atoms with van der Waals surface area (Å²) in [6.45, 7) is 2.07. The number of carbonyl (C=O) groups is 1.